The Kier molecular flexibility index (Phi) is 4.62. The zero-order valence-corrected chi connectivity index (χ0v) is 11.6. The first-order valence-corrected chi connectivity index (χ1v) is 6.83. The molecule has 1 aliphatic heterocycles. The van der Waals surface area contributed by atoms with Crippen molar-refractivity contribution in [3.63, 3.8) is 0 Å². The van der Waals surface area contributed by atoms with Crippen molar-refractivity contribution in [3.8, 4) is 0 Å². The number of amides is 1. The van der Waals surface area contributed by atoms with Gasteiger partial charge in [-0.3, -0.25) is 4.79 Å². The summed E-state index contributed by atoms with van der Waals surface area (Å²) in [4.78, 5) is 24.7. The number of carbonyl (C=O) groups excluding carboxylic acids is 1. The number of nitrogens with zero attached hydrogens (tertiary/aromatic N) is 1. The van der Waals surface area contributed by atoms with E-state index in [0.717, 1.165) is 31.4 Å². The molecule has 1 fully saturated rings. The van der Waals surface area contributed by atoms with E-state index in [1.807, 2.05) is 0 Å². The molecule has 1 aliphatic rings. The number of carboxylic acids is 1. The lowest BCUT2D eigenvalue weighted by Crippen LogP contribution is -2.39. The van der Waals surface area contributed by atoms with Gasteiger partial charge in [0.2, 0.25) is 5.91 Å². The van der Waals surface area contributed by atoms with Gasteiger partial charge < -0.3 is 21.1 Å². The molecular weight excluding hydrogens is 277 g/mol. The van der Waals surface area contributed by atoms with Crippen molar-refractivity contribution in [2.75, 3.05) is 30.7 Å². The molecule has 4 N–H and O–H groups in total. The molecule has 0 saturated carbocycles. The molecule has 1 aromatic carbocycles. The molecule has 1 heterocycles. The first kappa shape index (κ1) is 15.1. The number of nitrogens with two attached hydrogens (primary N) is 1. The predicted molar refractivity (Wildman–Crippen MR) is 76.7 cm³/mol. The topological polar surface area (TPSA) is 95.7 Å². The fourth-order valence-electron chi connectivity index (χ4n) is 2.34. The van der Waals surface area contributed by atoms with Crippen LogP contribution in [0.1, 0.15) is 29.6 Å². The monoisotopic (exact) mass is 295 g/mol. The molecule has 0 atom stereocenters. The summed E-state index contributed by atoms with van der Waals surface area (Å²) in [6.45, 7) is 1.36. The Morgan fingerprint density at radius 3 is 2.57 bits per heavy atom. The molecule has 6 nitrogen and oxygen atoms in total. The standard InChI is InChI=1S/C14H18FN3O3/c15-10-7-11(16)9(14(20)21)6-12(10)17-8-13(19)18-4-2-1-3-5-18/h6-7,17H,1-5,8,16H2,(H,20,21). The molecule has 1 amide bonds. The fraction of sp³-hybridized carbons (Fsp3) is 0.429. The van der Waals surface area contributed by atoms with Crippen LogP contribution in [-0.2, 0) is 4.79 Å². The summed E-state index contributed by atoms with van der Waals surface area (Å²) in [6, 6.07) is 2.05. The average molecular weight is 295 g/mol. The maximum Gasteiger partial charge on any atom is 0.337 e. The second kappa shape index (κ2) is 6.43. The number of aromatic carboxylic acids is 1. The minimum atomic E-state index is -1.24. The maximum atomic E-state index is 13.7. The SMILES string of the molecule is Nc1cc(F)c(NCC(=O)N2CCCCC2)cc1C(=O)O. The van der Waals surface area contributed by atoms with E-state index in [2.05, 4.69) is 5.32 Å². The number of hydrogen-bond donors (Lipinski definition) is 3. The van der Waals surface area contributed by atoms with Crippen molar-refractivity contribution < 1.29 is 19.1 Å². The van der Waals surface area contributed by atoms with Crippen molar-refractivity contribution in [2.24, 2.45) is 0 Å². The number of anilines is 2. The lowest BCUT2D eigenvalue weighted by molar-refractivity contribution is -0.130. The van der Waals surface area contributed by atoms with E-state index in [0.29, 0.717) is 13.1 Å². The minimum absolute atomic E-state index is 0.0352. The summed E-state index contributed by atoms with van der Waals surface area (Å²) in [5.74, 6) is -2.04. The van der Waals surface area contributed by atoms with Gasteiger partial charge in [0, 0.05) is 18.8 Å². The van der Waals surface area contributed by atoms with Gasteiger partial charge in [-0.15, -0.1) is 0 Å². The highest BCUT2D eigenvalue weighted by Crippen LogP contribution is 2.22. The number of benzene rings is 1. The van der Waals surface area contributed by atoms with E-state index >= 15 is 0 Å². The van der Waals surface area contributed by atoms with Gasteiger partial charge in [-0.05, 0) is 31.4 Å². The van der Waals surface area contributed by atoms with Gasteiger partial charge in [0.05, 0.1) is 17.8 Å². The molecule has 21 heavy (non-hydrogen) atoms. The third-order valence-electron chi connectivity index (χ3n) is 3.51. The third-order valence-corrected chi connectivity index (χ3v) is 3.51. The quantitative estimate of drug-likeness (QED) is 0.732. The van der Waals surface area contributed by atoms with Crippen LogP contribution in [0, 0.1) is 5.82 Å². The molecule has 0 aromatic heterocycles. The molecule has 1 saturated heterocycles. The number of halogens is 1. The number of likely N-dealkylation sites (tertiary alicyclic amines) is 1. The zero-order valence-electron chi connectivity index (χ0n) is 11.6. The summed E-state index contributed by atoms with van der Waals surface area (Å²) in [7, 11) is 0. The van der Waals surface area contributed by atoms with Crippen molar-refractivity contribution in [3.05, 3.63) is 23.5 Å². The summed E-state index contributed by atoms with van der Waals surface area (Å²) in [5, 5.41) is 11.6. The number of nitrogens with one attached hydrogen (secondary N) is 1. The number of rotatable bonds is 4. The number of piperidine rings is 1. The second-order valence-electron chi connectivity index (χ2n) is 5.02. The van der Waals surface area contributed by atoms with Gasteiger partial charge in [0.1, 0.15) is 5.82 Å². The highest BCUT2D eigenvalue weighted by atomic mass is 19.1. The Bertz CT molecular complexity index is 557. The number of carbonyl (C=O) groups is 2. The minimum Gasteiger partial charge on any atom is -0.478 e. The third kappa shape index (κ3) is 3.62. The molecule has 0 radical (unpaired) electrons. The highest BCUT2D eigenvalue weighted by molar-refractivity contribution is 5.95. The first-order valence-electron chi connectivity index (χ1n) is 6.83. The molecule has 0 spiro atoms. The Hall–Kier alpha value is -2.31. The van der Waals surface area contributed by atoms with E-state index in [4.69, 9.17) is 10.8 Å². The maximum absolute atomic E-state index is 13.7. The fourth-order valence-corrected chi connectivity index (χ4v) is 2.34. The molecule has 7 heteroatoms. The van der Waals surface area contributed by atoms with Gasteiger partial charge in [0.25, 0.3) is 0 Å². The summed E-state index contributed by atoms with van der Waals surface area (Å²) < 4.78 is 13.7. The number of hydrogen-bond acceptors (Lipinski definition) is 4. The molecule has 1 aromatic rings. The molecule has 2 rings (SSSR count). The number of carboxylic acid groups (broad SMARTS) is 1. The van der Waals surface area contributed by atoms with Crippen LogP contribution in [0.15, 0.2) is 12.1 Å². The van der Waals surface area contributed by atoms with E-state index in [1.165, 1.54) is 0 Å². The summed E-state index contributed by atoms with van der Waals surface area (Å²) in [5.41, 5.74) is 5.07. The van der Waals surface area contributed by atoms with Crippen molar-refractivity contribution in [1.29, 1.82) is 0 Å². The Morgan fingerprint density at radius 1 is 1.29 bits per heavy atom. The lowest BCUT2D eigenvalue weighted by atomic mass is 10.1. The first-order chi connectivity index (χ1) is 9.99. The smallest absolute Gasteiger partial charge is 0.337 e. The molecule has 114 valence electrons. The second-order valence-corrected chi connectivity index (χ2v) is 5.02. The Labute approximate surface area is 121 Å². The normalized spacial score (nSPS) is 14.8. The van der Waals surface area contributed by atoms with Gasteiger partial charge >= 0.3 is 5.97 Å². The van der Waals surface area contributed by atoms with Gasteiger partial charge in [-0.2, -0.15) is 0 Å². The van der Waals surface area contributed by atoms with Crippen LogP contribution in [0.3, 0.4) is 0 Å². The molecule has 0 unspecified atom stereocenters. The van der Waals surface area contributed by atoms with E-state index in [1.54, 1.807) is 4.90 Å². The van der Waals surface area contributed by atoms with Crippen molar-refractivity contribution >= 4 is 23.3 Å². The largest absolute Gasteiger partial charge is 0.478 e. The van der Waals surface area contributed by atoms with Crippen LogP contribution >= 0.6 is 0 Å². The van der Waals surface area contributed by atoms with Gasteiger partial charge in [0.15, 0.2) is 0 Å². The zero-order chi connectivity index (χ0) is 15.4. The molecule has 0 bridgehead atoms. The van der Waals surface area contributed by atoms with Crippen LogP contribution in [0.5, 0.6) is 0 Å². The Balaban J connectivity index is 2.04. The highest BCUT2D eigenvalue weighted by Gasteiger charge is 2.18. The van der Waals surface area contributed by atoms with Crippen molar-refractivity contribution in [1.82, 2.24) is 4.90 Å². The number of nitrogen functional groups attached to an aromatic ring is 1. The van der Waals surface area contributed by atoms with Gasteiger partial charge in [-0.1, -0.05) is 0 Å². The van der Waals surface area contributed by atoms with E-state index in [-0.39, 0.29) is 29.4 Å². The average Bonchev–Trinajstić information content (AvgIpc) is 2.46. The van der Waals surface area contributed by atoms with Crippen LogP contribution in [-0.4, -0.2) is 41.5 Å². The molecular formula is C14H18FN3O3. The van der Waals surface area contributed by atoms with Crippen LogP contribution in [0.4, 0.5) is 15.8 Å². The van der Waals surface area contributed by atoms with Crippen LogP contribution in [0.2, 0.25) is 0 Å². The van der Waals surface area contributed by atoms with Crippen LogP contribution < -0.4 is 11.1 Å². The van der Waals surface area contributed by atoms with Gasteiger partial charge in [-0.25, -0.2) is 9.18 Å². The molecule has 0 aliphatic carbocycles. The van der Waals surface area contributed by atoms with Crippen molar-refractivity contribution in [2.45, 2.75) is 19.3 Å². The van der Waals surface area contributed by atoms with E-state index in [9.17, 15) is 14.0 Å². The summed E-state index contributed by atoms with van der Waals surface area (Å²) >= 11 is 0. The lowest BCUT2D eigenvalue weighted by Gasteiger charge is -2.27. The Morgan fingerprint density at radius 2 is 1.95 bits per heavy atom. The van der Waals surface area contributed by atoms with E-state index < -0.39 is 11.8 Å². The predicted octanol–water partition coefficient (Wildman–Crippen LogP) is 1.53. The summed E-state index contributed by atoms with van der Waals surface area (Å²) in [6.07, 6.45) is 3.07. The van der Waals surface area contributed by atoms with Crippen LogP contribution in [0.25, 0.3) is 0 Å².